The molecule has 1 aromatic carbocycles. The Morgan fingerprint density at radius 3 is 2.36 bits per heavy atom. The van der Waals surface area contributed by atoms with Gasteiger partial charge in [-0.3, -0.25) is 0 Å². The van der Waals surface area contributed by atoms with Crippen LogP contribution in [0, 0.1) is 0 Å². The van der Waals surface area contributed by atoms with Gasteiger partial charge in [-0.25, -0.2) is 0 Å². The summed E-state index contributed by atoms with van der Waals surface area (Å²) in [6, 6.07) is 10.3. The van der Waals surface area contributed by atoms with Crippen LogP contribution in [0.15, 0.2) is 42.5 Å². The Morgan fingerprint density at radius 2 is 1.79 bits per heavy atom. The molecule has 70 valence electrons. The molecule has 1 nitrogen and oxygen atoms in total. The first kappa shape index (κ1) is 13.5. The second kappa shape index (κ2) is 7.88. The van der Waals surface area contributed by atoms with E-state index in [0.29, 0.717) is 6.42 Å². The topological polar surface area (TPSA) is 23.1 Å². The van der Waals surface area contributed by atoms with Gasteiger partial charge in [0.05, 0.1) is 0 Å². The van der Waals surface area contributed by atoms with Crippen molar-refractivity contribution < 1.29 is 24.0 Å². The maximum absolute atomic E-state index is 10.3. The number of rotatable bonds is 5. The third kappa shape index (κ3) is 5.29. The van der Waals surface area contributed by atoms with Crippen molar-refractivity contribution in [1.82, 2.24) is 0 Å². The van der Waals surface area contributed by atoms with Crippen molar-refractivity contribution >= 4 is 0 Å². The third-order valence-electron chi connectivity index (χ3n) is 2.07. The van der Waals surface area contributed by atoms with Crippen LogP contribution >= 0.6 is 0 Å². The van der Waals surface area contributed by atoms with Crippen molar-refractivity contribution in [2.24, 2.45) is 0 Å². The average Bonchev–Trinajstić information content (AvgIpc) is 2.17. The first-order chi connectivity index (χ1) is 6.33. The molecule has 0 saturated carbocycles. The Morgan fingerprint density at radius 1 is 1.14 bits per heavy atom. The minimum Gasteiger partial charge on any atom is -0.854 e. The monoisotopic (exact) mass is 182 g/mol. The Kier molecular flexibility index (Phi) is 7.61. The van der Waals surface area contributed by atoms with E-state index < -0.39 is 0 Å². The van der Waals surface area contributed by atoms with Gasteiger partial charge in [0.1, 0.15) is 0 Å². The van der Waals surface area contributed by atoms with Gasteiger partial charge in [-0.05, 0) is 24.8 Å². The molecular formula is C12H15LiO. The first-order valence-electron chi connectivity index (χ1n) is 4.61. The van der Waals surface area contributed by atoms with Gasteiger partial charge in [0.15, 0.2) is 0 Å². The maximum atomic E-state index is 10.3. The summed E-state index contributed by atoms with van der Waals surface area (Å²) >= 11 is 0. The molecule has 0 aromatic heterocycles. The molecule has 0 spiro atoms. The van der Waals surface area contributed by atoms with Gasteiger partial charge in [-0.2, -0.15) is 0 Å². The van der Waals surface area contributed by atoms with E-state index in [0.717, 1.165) is 18.4 Å². The standard InChI is InChI=1S/C12H15O.Li/c1-11(9-10-13)7-8-12-5-3-2-4-6-12;/h2-6H,1,7-10H2;/q-1;+1. The van der Waals surface area contributed by atoms with Gasteiger partial charge in [0, 0.05) is 0 Å². The molecule has 0 saturated heterocycles. The number of hydrogen-bond donors (Lipinski definition) is 0. The molecule has 0 atom stereocenters. The van der Waals surface area contributed by atoms with E-state index in [9.17, 15) is 5.11 Å². The van der Waals surface area contributed by atoms with Gasteiger partial charge in [0.25, 0.3) is 0 Å². The Labute approximate surface area is 98.0 Å². The van der Waals surface area contributed by atoms with E-state index in [1.807, 2.05) is 18.2 Å². The Balaban J connectivity index is 0.00000169. The molecule has 14 heavy (non-hydrogen) atoms. The van der Waals surface area contributed by atoms with Crippen molar-refractivity contribution in [2.75, 3.05) is 6.61 Å². The largest absolute Gasteiger partial charge is 1.00 e. The SMILES string of the molecule is C=C(CC[O-])CCc1ccccc1.[Li+]. The molecule has 0 N–H and O–H groups in total. The molecule has 0 aliphatic heterocycles. The molecule has 0 radical (unpaired) electrons. The summed E-state index contributed by atoms with van der Waals surface area (Å²) in [5, 5.41) is 10.3. The zero-order valence-corrected chi connectivity index (χ0v) is 8.83. The number of benzene rings is 1. The van der Waals surface area contributed by atoms with Crippen LogP contribution in [-0.2, 0) is 6.42 Å². The van der Waals surface area contributed by atoms with Crippen LogP contribution in [0.25, 0.3) is 0 Å². The van der Waals surface area contributed by atoms with Crippen molar-refractivity contribution in [3.05, 3.63) is 48.0 Å². The van der Waals surface area contributed by atoms with Gasteiger partial charge in [-0.1, -0.05) is 42.5 Å². The predicted molar refractivity (Wildman–Crippen MR) is 53.4 cm³/mol. The fourth-order valence-electron chi connectivity index (χ4n) is 1.24. The van der Waals surface area contributed by atoms with Crippen LogP contribution in [0.4, 0.5) is 0 Å². The van der Waals surface area contributed by atoms with E-state index >= 15 is 0 Å². The van der Waals surface area contributed by atoms with Gasteiger partial charge in [-0.15, -0.1) is 6.61 Å². The van der Waals surface area contributed by atoms with E-state index in [2.05, 4.69) is 18.7 Å². The quantitative estimate of drug-likeness (QED) is 0.420. The molecule has 1 aromatic rings. The van der Waals surface area contributed by atoms with Crippen molar-refractivity contribution in [3.8, 4) is 0 Å². The molecule has 0 heterocycles. The minimum absolute atomic E-state index is 0. The van der Waals surface area contributed by atoms with E-state index in [1.165, 1.54) is 5.56 Å². The zero-order valence-electron chi connectivity index (χ0n) is 8.83. The van der Waals surface area contributed by atoms with Crippen LogP contribution in [-0.4, -0.2) is 6.61 Å². The summed E-state index contributed by atoms with van der Waals surface area (Å²) in [6.45, 7) is 3.83. The van der Waals surface area contributed by atoms with Crippen LogP contribution in [0.5, 0.6) is 0 Å². The summed E-state index contributed by atoms with van der Waals surface area (Å²) in [7, 11) is 0. The summed E-state index contributed by atoms with van der Waals surface area (Å²) in [5.41, 5.74) is 2.38. The second-order valence-corrected chi connectivity index (χ2v) is 3.19. The third-order valence-corrected chi connectivity index (χ3v) is 2.07. The van der Waals surface area contributed by atoms with Crippen LogP contribution < -0.4 is 24.0 Å². The Bertz CT molecular complexity index is 256. The maximum Gasteiger partial charge on any atom is 1.00 e. The molecule has 2 heteroatoms. The summed E-state index contributed by atoms with van der Waals surface area (Å²) < 4.78 is 0. The van der Waals surface area contributed by atoms with Crippen molar-refractivity contribution in [2.45, 2.75) is 19.3 Å². The molecule has 0 aliphatic carbocycles. The summed E-state index contributed by atoms with van der Waals surface area (Å²) in [4.78, 5) is 0. The van der Waals surface area contributed by atoms with Crippen LogP contribution in [0.1, 0.15) is 18.4 Å². The second-order valence-electron chi connectivity index (χ2n) is 3.19. The van der Waals surface area contributed by atoms with E-state index in [1.54, 1.807) is 0 Å². The normalized spacial score (nSPS) is 9.21. The molecule has 0 unspecified atom stereocenters. The minimum atomic E-state index is -0.0341. The number of hydrogen-bond acceptors (Lipinski definition) is 1. The first-order valence-corrected chi connectivity index (χ1v) is 4.61. The number of aryl methyl sites for hydroxylation is 1. The van der Waals surface area contributed by atoms with Crippen molar-refractivity contribution in [1.29, 1.82) is 0 Å². The van der Waals surface area contributed by atoms with Crippen LogP contribution in [0.3, 0.4) is 0 Å². The van der Waals surface area contributed by atoms with Gasteiger partial charge >= 0.3 is 18.9 Å². The van der Waals surface area contributed by atoms with Crippen LogP contribution in [0.2, 0.25) is 0 Å². The fraction of sp³-hybridized carbons (Fsp3) is 0.333. The smallest absolute Gasteiger partial charge is 0.854 e. The fourth-order valence-corrected chi connectivity index (χ4v) is 1.24. The molecule has 0 aliphatic rings. The predicted octanol–water partition coefficient (Wildman–Crippen LogP) is -1.07. The van der Waals surface area contributed by atoms with E-state index in [-0.39, 0.29) is 25.5 Å². The van der Waals surface area contributed by atoms with Gasteiger partial charge in [0.2, 0.25) is 0 Å². The molecule has 0 fully saturated rings. The molecule has 0 amide bonds. The zero-order chi connectivity index (χ0) is 9.52. The summed E-state index contributed by atoms with van der Waals surface area (Å²) in [5.74, 6) is 0. The Hall–Kier alpha value is -0.483. The molecule has 0 bridgehead atoms. The summed E-state index contributed by atoms with van der Waals surface area (Å²) in [6.07, 6.45) is 2.55. The van der Waals surface area contributed by atoms with Gasteiger partial charge < -0.3 is 5.11 Å². The van der Waals surface area contributed by atoms with E-state index in [4.69, 9.17) is 0 Å². The van der Waals surface area contributed by atoms with Crippen molar-refractivity contribution in [3.63, 3.8) is 0 Å². The molecule has 1 rings (SSSR count). The molecular weight excluding hydrogens is 167 g/mol. The average molecular weight is 182 g/mol.